The van der Waals surface area contributed by atoms with Gasteiger partial charge in [0, 0.05) is 24.0 Å². The van der Waals surface area contributed by atoms with E-state index in [2.05, 4.69) is 27.5 Å². The number of hydrogen-bond donors (Lipinski definition) is 2. The fourth-order valence-corrected chi connectivity index (χ4v) is 2.31. The molecule has 0 saturated carbocycles. The van der Waals surface area contributed by atoms with Gasteiger partial charge in [0.05, 0.1) is 10.0 Å². The van der Waals surface area contributed by atoms with Crippen molar-refractivity contribution >= 4 is 40.7 Å². The Balaban J connectivity index is 2.06. The lowest BCUT2D eigenvalue weighted by Crippen LogP contribution is -2.07. The van der Waals surface area contributed by atoms with Gasteiger partial charge in [0.2, 0.25) is 5.95 Å². The molecule has 4 nitrogen and oxygen atoms in total. The second-order valence-electron chi connectivity index (χ2n) is 5.11. The van der Waals surface area contributed by atoms with Crippen molar-refractivity contribution in [2.24, 2.45) is 0 Å². The molecule has 2 rings (SSSR count). The van der Waals surface area contributed by atoms with Gasteiger partial charge < -0.3 is 10.6 Å². The van der Waals surface area contributed by atoms with Crippen LogP contribution in [-0.2, 0) is 0 Å². The van der Waals surface area contributed by atoms with E-state index in [9.17, 15) is 0 Å². The van der Waals surface area contributed by atoms with E-state index in [1.165, 1.54) is 12.8 Å². The average molecular weight is 339 g/mol. The quantitative estimate of drug-likeness (QED) is 0.660. The van der Waals surface area contributed by atoms with Gasteiger partial charge in [-0.2, -0.15) is 4.98 Å². The molecule has 0 radical (unpaired) electrons. The molecule has 1 aromatic heterocycles. The van der Waals surface area contributed by atoms with E-state index >= 15 is 0 Å². The highest BCUT2D eigenvalue weighted by Gasteiger charge is 2.04. The van der Waals surface area contributed by atoms with Gasteiger partial charge in [-0.1, -0.05) is 43.0 Å². The van der Waals surface area contributed by atoms with Gasteiger partial charge >= 0.3 is 0 Å². The molecule has 0 aliphatic rings. The van der Waals surface area contributed by atoms with Crippen LogP contribution in [-0.4, -0.2) is 16.5 Å². The molecule has 0 bridgehead atoms. The molecule has 2 aromatic rings. The van der Waals surface area contributed by atoms with Crippen molar-refractivity contribution < 1.29 is 0 Å². The van der Waals surface area contributed by atoms with Crippen LogP contribution in [0.25, 0.3) is 0 Å². The number of hydrogen-bond acceptors (Lipinski definition) is 4. The Kier molecular flexibility index (Phi) is 6.28. The summed E-state index contributed by atoms with van der Waals surface area (Å²) < 4.78 is 0. The molecule has 0 saturated heterocycles. The standard InChI is InChI=1S/C16H20Cl2N4/c1-3-4-5-8-19-16-20-11(2)9-15(22-16)21-12-6-7-13(17)14(18)10-12/h6-7,9-10H,3-5,8H2,1-2H3,(H2,19,20,21,22). The summed E-state index contributed by atoms with van der Waals surface area (Å²) in [5.74, 6) is 1.36. The summed E-state index contributed by atoms with van der Waals surface area (Å²) in [6.45, 7) is 5.00. The maximum Gasteiger partial charge on any atom is 0.224 e. The fourth-order valence-electron chi connectivity index (χ4n) is 2.01. The van der Waals surface area contributed by atoms with Gasteiger partial charge in [0.1, 0.15) is 5.82 Å². The number of halogens is 2. The molecule has 22 heavy (non-hydrogen) atoms. The lowest BCUT2D eigenvalue weighted by molar-refractivity contribution is 0.740. The second-order valence-corrected chi connectivity index (χ2v) is 5.92. The lowest BCUT2D eigenvalue weighted by Gasteiger charge is -2.10. The predicted octanol–water partition coefficient (Wildman–Crippen LogP) is 5.44. The monoisotopic (exact) mass is 338 g/mol. The number of aromatic nitrogens is 2. The first kappa shape index (κ1) is 16.8. The molecule has 1 heterocycles. The van der Waals surface area contributed by atoms with Crippen LogP contribution in [0.15, 0.2) is 24.3 Å². The summed E-state index contributed by atoms with van der Waals surface area (Å²) in [7, 11) is 0. The third kappa shape index (κ3) is 5.04. The zero-order chi connectivity index (χ0) is 15.9. The molecule has 0 aliphatic carbocycles. The van der Waals surface area contributed by atoms with E-state index in [-0.39, 0.29) is 0 Å². The summed E-state index contributed by atoms with van der Waals surface area (Å²) in [5.41, 5.74) is 1.74. The minimum Gasteiger partial charge on any atom is -0.354 e. The Morgan fingerprint density at radius 3 is 2.59 bits per heavy atom. The highest BCUT2D eigenvalue weighted by molar-refractivity contribution is 6.42. The maximum atomic E-state index is 6.02. The molecule has 0 spiro atoms. The Morgan fingerprint density at radius 1 is 1.05 bits per heavy atom. The molecule has 118 valence electrons. The predicted molar refractivity (Wildman–Crippen MR) is 94.5 cm³/mol. The zero-order valence-electron chi connectivity index (χ0n) is 12.8. The summed E-state index contributed by atoms with van der Waals surface area (Å²) in [6, 6.07) is 7.28. The number of nitrogens with zero attached hydrogens (tertiary/aromatic N) is 2. The number of anilines is 3. The van der Waals surface area contributed by atoms with E-state index in [0.717, 1.165) is 30.2 Å². The van der Waals surface area contributed by atoms with Crippen LogP contribution in [0.4, 0.5) is 17.5 Å². The Morgan fingerprint density at radius 2 is 1.86 bits per heavy atom. The minimum absolute atomic E-state index is 0.510. The summed E-state index contributed by atoms with van der Waals surface area (Å²) in [6.07, 6.45) is 3.51. The lowest BCUT2D eigenvalue weighted by atomic mass is 10.2. The first-order valence-corrected chi connectivity index (χ1v) is 8.15. The normalized spacial score (nSPS) is 10.5. The van der Waals surface area contributed by atoms with Gasteiger partial charge in [-0.25, -0.2) is 4.98 Å². The van der Waals surface area contributed by atoms with Gasteiger partial charge in [-0.3, -0.25) is 0 Å². The SMILES string of the molecule is CCCCCNc1nc(C)cc(Nc2ccc(Cl)c(Cl)c2)n1. The average Bonchev–Trinajstić information content (AvgIpc) is 2.47. The molecular formula is C16H20Cl2N4. The van der Waals surface area contributed by atoms with Crippen LogP contribution >= 0.6 is 23.2 Å². The van der Waals surface area contributed by atoms with Gasteiger partial charge in [-0.15, -0.1) is 0 Å². The summed E-state index contributed by atoms with van der Waals surface area (Å²) >= 11 is 11.9. The smallest absolute Gasteiger partial charge is 0.224 e. The third-order valence-electron chi connectivity index (χ3n) is 3.11. The van der Waals surface area contributed by atoms with E-state index in [1.807, 2.05) is 19.1 Å². The molecule has 0 aliphatic heterocycles. The topological polar surface area (TPSA) is 49.8 Å². The van der Waals surface area contributed by atoms with Gasteiger partial charge in [0.25, 0.3) is 0 Å². The fraction of sp³-hybridized carbons (Fsp3) is 0.375. The Bertz CT molecular complexity index is 632. The molecular weight excluding hydrogens is 319 g/mol. The van der Waals surface area contributed by atoms with E-state index < -0.39 is 0 Å². The van der Waals surface area contributed by atoms with Crippen LogP contribution in [0.3, 0.4) is 0 Å². The van der Waals surface area contributed by atoms with Crippen molar-refractivity contribution in [1.29, 1.82) is 0 Å². The number of benzene rings is 1. The van der Waals surface area contributed by atoms with Gasteiger partial charge in [-0.05, 0) is 31.5 Å². The van der Waals surface area contributed by atoms with Crippen LogP contribution in [0.1, 0.15) is 31.9 Å². The number of rotatable bonds is 7. The molecule has 2 N–H and O–H groups in total. The summed E-state index contributed by atoms with van der Waals surface area (Å²) in [4.78, 5) is 8.86. The van der Waals surface area contributed by atoms with E-state index in [0.29, 0.717) is 16.0 Å². The maximum absolute atomic E-state index is 6.02. The molecule has 0 fully saturated rings. The third-order valence-corrected chi connectivity index (χ3v) is 3.85. The van der Waals surface area contributed by atoms with Crippen LogP contribution in [0.5, 0.6) is 0 Å². The zero-order valence-corrected chi connectivity index (χ0v) is 14.3. The Hall–Kier alpha value is -1.52. The first-order chi connectivity index (χ1) is 10.6. The highest BCUT2D eigenvalue weighted by atomic mass is 35.5. The minimum atomic E-state index is 0.510. The van der Waals surface area contributed by atoms with Crippen molar-refractivity contribution in [3.8, 4) is 0 Å². The van der Waals surface area contributed by atoms with Crippen molar-refractivity contribution in [3.63, 3.8) is 0 Å². The first-order valence-electron chi connectivity index (χ1n) is 7.40. The molecule has 1 aromatic carbocycles. The Labute approximate surface area is 141 Å². The van der Waals surface area contributed by atoms with Crippen molar-refractivity contribution in [2.45, 2.75) is 33.1 Å². The van der Waals surface area contributed by atoms with Crippen LogP contribution < -0.4 is 10.6 Å². The van der Waals surface area contributed by atoms with Crippen molar-refractivity contribution in [2.75, 3.05) is 17.2 Å². The molecule has 0 atom stereocenters. The van der Waals surface area contributed by atoms with E-state index in [1.54, 1.807) is 12.1 Å². The van der Waals surface area contributed by atoms with Crippen LogP contribution in [0.2, 0.25) is 10.0 Å². The number of nitrogens with one attached hydrogen (secondary N) is 2. The largest absolute Gasteiger partial charge is 0.354 e. The van der Waals surface area contributed by atoms with Gasteiger partial charge in [0.15, 0.2) is 0 Å². The number of aryl methyl sites for hydroxylation is 1. The highest BCUT2D eigenvalue weighted by Crippen LogP contribution is 2.26. The second kappa shape index (κ2) is 8.20. The van der Waals surface area contributed by atoms with E-state index in [4.69, 9.17) is 23.2 Å². The molecule has 6 heteroatoms. The summed E-state index contributed by atoms with van der Waals surface area (Å²) in [5, 5.41) is 7.52. The van der Waals surface area contributed by atoms with Crippen molar-refractivity contribution in [3.05, 3.63) is 40.0 Å². The molecule has 0 amide bonds. The van der Waals surface area contributed by atoms with Crippen LogP contribution in [0, 0.1) is 6.92 Å². The van der Waals surface area contributed by atoms with Crippen molar-refractivity contribution in [1.82, 2.24) is 9.97 Å². The molecule has 0 unspecified atom stereocenters. The number of unbranched alkanes of at least 4 members (excludes halogenated alkanes) is 2.